The van der Waals surface area contributed by atoms with Crippen molar-refractivity contribution in [2.75, 3.05) is 0 Å². The van der Waals surface area contributed by atoms with Crippen molar-refractivity contribution >= 4 is 22.8 Å². The van der Waals surface area contributed by atoms with Gasteiger partial charge in [0.05, 0.1) is 6.42 Å². The quantitative estimate of drug-likeness (QED) is 0.656. The standard InChI is InChI=1S/C18H20N2O3/c1-3-9-18(10-4-2,17(22)23)20-16(21)11-13-12-19-15-8-6-5-7-14(13)15/h3-8,12,19H,1-2,9-11H2,(H,20,21)(H,22,23). The molecule has 5 heteroatoms. The van der Waals surface area contributed by atoms with E-state index in [1.807, 2.05) is 24.3 Å². The highest BCUT2D eigenvalue weighted by Gasteiger charge is 2.37. The number of rotatable bonds is 8. The lowest BCUT2D eigenvalue weighted by atomic mass is 9.90. The van der Waals surface area contributed by atoms with Crippen LogP contribution < -0.4 is 5.32 Å². The zero-order valence-electron chi connectivity index (χ0n) is 12.8. The van der Waals surface area contributed by atoms with Crippen LogP contribution in [0.25, 0.3) is 10.9 Å². The van der Waals surface area contributed by atoms with Crippen LogP contribution in [0, 0.1) is 0 Å². The van der Waals surface area contributed by atoms with Crippen molar-refractivity contribution in [1.82, 2.24) is 10.3 Å². The van der Waals surface area contributed by atoms with Gasteiger partial charge in [0, 0.05) is 17.1 Å². The van der Waals surface area contributed by atoms with Crippen LogP contribution in [0.5, 0.6) is 0 Å². The predicted octanol–water partition coefficient (Wildman–Crippen LogP) is 2.80. The van der Waals surface area contributed by atoms with Crippen molar-refractivity contribution in [3.63, 3.8) is 0 Å². The molecule has 0 fully saturated rings. The summed E-state index contributed by atoms with van der Waals surface area (Å²) in [5.41, 5.74) is 0.374. The minimum absolute atomic E-state index is 0.104. The van der Waals surface area contributed by atoms with Gasteiger partial charge >= 0.3 is 5.97 Å². The van der Waals surface area contributed by atoms with E-state index >= 15 is 0 Å². The summed E-state index contributed by atoms with van der Waals surface area (Å²) >= 11 is 0. The van der Waals surface area contributed by atoms with Gasteiger partial charge in [0.1, 0.15) is 5.54 Å². The maximum Gasteiger partial charge on any atom is 0.330 e. The van der Waals surface area contributed by atoms with E-state index in [0.29, 0.717) is 0 Å². The minimum Gasteiger partial charge on any atom is -0.479 e. The molecule has 1 aromatic heterocycles. The second-order valence-electron chi connectivity index (χ2n) is 5.46. The Morgan fingerprint density at radius 2 is 1.87 bits per heavy atom. The molecule has 0 bridgehead atoms. The molecular formula is C18H20N2O3. The Bertz CT molecular complexity index is 736. The number of amides is 1. The molecule has 3 N–H and O–H groups in total. The number of carbonyl (C=O) groups is 2. The zero-order valence-corrected chi connectivity index (χ0v) is 12.8. The number of hydrogen-bond acceptors (Lipinski definition) is 2. The van der Waals surface area contributed by atoms with Crippen LogP contribution in [0.2, 0.25) is 0 Å². The molecule has 0 aliphatic heterocycles. The maximum atomic E-state index is 12.4. The van der Waals surface area contributed by atoms with Crippen LogP contribution in [0.1, 0.15) is 18.4 Å². The molecule has 1 heterocycles. The molecular weight excluding hydrogens is 292 g/mol. The lowest BCUT2D eigenvalue weighted by Crippen LogP contribution is -2.54. The fourth-order valence-electron chi connectivity index (χ4n) is 2.67. The number of benzene rings is 1. The summed E-state index contributed by atoms with van der Waals surface area (Å²) in [6.45, 7) is 7.16. The number of carboxylic acids is 1. The minimum atomic E-state index is -1.40. The Labute approximate surface area is 134 Å². The third-order valence-corrected chi connectivity index (χ3v) is 3.80. The van der Waals surface area contributed by atoms with Crippen molar-refractivity contribution in [2.24, 2.45) is 0 Å². The molecule has 0 aliphatic carbocycles. The predicted molar refractivity (Wildman–Crippen MR) is 90.1 cm³/mol. The largest absolute Gasteiger partial charge is 0.479 e. The first-order valence-corrected chi connectivity index (χ1v) is 7.33. The van der Waals surface area contributed by atoms with E-state index < -0.39 is 11.5 Å². The number of carbonyl (C=O) groups excluding carboxylic acids is 1. The second-order valence-corrected chi connectivity index (χ2v) is 5.46. The van der Waals surface area contributed by atoms with Crippen molar-refractivity contribution in [3.05, 3.63) is 61.3 Å². The van der Waals surface area contributed by atoms with Crippen molar-refractivity contribution < 1.29 is 14.7 Å². The molecule has 1 aromatic carbocycles. The summed E-state index contributed by atoms with van der Waals surface area (Å²) in [6.07, 6.45) is 5.12. The third-order valence-electron chi connectivity index (χ3n) is 3.80. The van der Waals surface area contributed by atoms with Crippen LogP contribution >= 0.6 is 0 Å². The van der Waals surface area contributed by atoms with E-state index in [9.17, 15) is 14.7 Å². The molecule has 120 valence electrons. The highest BCUT2D eigenvalue weighted by atomic mass is 16.4. The topological polar surface area (TPSA) is 82.2 Å². The normalized spacial score (nSPS) is 11.1. The third kappa shape index (κ3) is 3.51. The van der Waals surface area contributed by atoms with Gasteiger partial charge in [0.25, 0.3) is 0 Å². The molecule has 1 amide bonds. The van der Waals surface area contributed by atoms with Crippen molar-refractivity contribution in [2.45, 2.75) is 24.8 Å². The van der Waals surface area contributed by atoms with Gasteiger partial charge < -0.3 is 15.4 Å². The summed E-state index contributed by atoms with van der Waals surface area (Å²) in [6, 6.07) is 7.65. The van der Waals surface area contributed by atoms with Gasteiger partial charge in [-0.25, -0.2) is 4.79 Å². The second kappa shape index (κ2) is 6.96. The smallest absolute Gasteiger partial charge is 0.330 e. The molecule has 0 spiro atoms. The summed E-state index contributed by atoms with van der Waals surface area (Å²) in [5, 5.41) is 13.1. The van der Waals surface area contributed by atoms with Crippen molar-refractivity contribution in [1.29, 1.82) is 0 Å². The molecule has 5 nitrogen and oxygen atoms in total. The molecule has 0 unspecified atom stereocenters. The maximum absolute atomic E-state index is 12.4. The molecule has 2 rings (SSSR count). The summed E-state index contributed by atoms with van der Waals surface area (Å²) in [5.74, 6) is -1.44. The molecule has 0 saturated heterocycles. The van der Waals surface area contributed by atoms with Gasteiger partial charge in [-0.15, -0.1) is 13.2 Å². The van der Waals surface area contributed by atoms with E-state index in [2.05, 4.69) is 23.5 Å². The Morgan fingerprint density at radius 3 is 2.48 bits per heavy atom. The van der Waals surface area contributed by atoms with E-state index in [4.69, 9.17) is 0 Å². The van der Waals surface area contributed by atoms with Crippen LogP contribution in [-0.2, 0) is 16.0 Å². The van der Waals surface area contributed by atoms with E-state index in [-0.39, 0.29) is 25.2 Å². The van der Waals surface area contributed by atoms with Crippen molar-refractivity contribution in [3.8, 4) is 0 Å². The average Bonchev–Trinajstić information content (AvgIpc) is 2.90. The van der Waals surface area contributed by atoms with Crippen LogP contribution in [-0.4, -0.2) is 27.5 Å². The first kappa shape index (κ1) is 16.5. The van der Waals surface area contributed by atoms with Gasteiger partial charge in [-0.3, -0.25) is 4.79 Å². The fraction of sp³-hybridized carbons (Fsp3) is 0.222. The average molecular weight is 312 g/mol. The number of H-pyrrole nitrogens is 1. The Balaban J connectivity index is 2.20. The van der Waals surface area contributed by atoms with Crippen LogP contribution in [0.3, 0.4) is 0 Å². The monoisotopic (exact) mass is 312 g/mol. The van der Waals surface area contributed by atoms with E-state index in [0.717, 1.165) is 16.5 Å². The summed E-state index contributed by atoms with van der Waals surface area (Å²) in [4.78, 5) is 27.1. The fourth-order valence-corrected chi connectivity index (χ4v) is 2.67. The molecule has 23 heavy (non-hydrogen) atoms. The molecule has 0 aliphatic rings. The Morgan fingerprint density at radius 1 is 1.22 bits per heavy atom. The zero-order chi connectivity index (χ0) is 16.9. The highest BCUT2D eigenvalue weighted by molar-refractivity contribution is 5.92. The molecule has 0 saturated carbocycles. The van der Waals surface area contributed by atoms with E-state index in [1.165, 1.54) is 12.2 Å². The first-order chi connectivity index (χ1) is 11.0. The van der Waals surface area contributed by atoms with Gasteiger partial charge in [-0.05, 0) is 24.5 Å². The molecule has 0 radical (unpaired) electrons. The lowest BCUT2D eigenvalue weighted by Gasteiger charge is -2.28. The van der Waals surface area contributed by atoms with Crippen LogP contribution in [0.4, 0.5) is 0 Å². The SMILES string of the molecule is C=CCC(CC=C)(NC(=O)Cc1c[nH]c2ccccc12)C(=O)O. The number of aromatic amines is 1. The van der Waals surface area contributed by atoms with Gasteiger partial charge in [0.15, 0.2) is 0 Å². The number of aromatic nitrogens is 1. The number of carboxylic acid groups (broad SMARTS) is 1. The number of hydrogen-bond donors (Lipinski definition) is 3. The lowest BCUT2D eigenvalue weighted by molar-refractivity contribution is -0.147. The van der Waals surface area contributed by atoms with Gasteiger partial charge in [0.2, 0.25) is 5.91 Å². The highest BCUT2D eigenvalue weighted by Crippen LogP contribution is 2.20. The summed E-state index contributed by atoms with van der Waals surface area (Å²) in [7, 11) is 0. The number of para-hydroxylation sites is 1. The van der Waals surface area contributed by atoms with Crippen LogP contribution in [0.15, 0.2) is 55.8 Å². The number of aliphatic carboxylic acids is 1. The molecule has 0 atom stereocenters. The van der Waals surface area contributed by atoms with E-state index in [1.54, 1.807) is 6.20 Å². The first-order valence-electron chi connectivity index (χ1n) is 7.33. The van der Waals surface area contributed by atoms with Gasteiger partial charge in [-0.1, -0.05) is 30.4 Å². The Kier molecular flexibility index (Phi) is 5.01. The molecule has 2 aromatic rings. The van der Waals surface area contributed by atoms with Gasteiger partial charge in [-0.2, -0.15) is 0 Å². The number of nitrogens with one attached hydrogen (secondary N) is 2. The summed E-state index contributed by atoms with van der Waals surface area (Å²) < 4.78 is 0. The Hall–Kier alpha value is -2.82. The number of fused-ring (bicyclic) bond motifs is 1.